The fraction of sp³-hybridized carbons (Fsp3) is 0.417. The fourth-order valence-corrected chi connectivity index (χ4v) is 2.18. The molecule has 2 rings (SSSR count). The van der Waals surface area contributed by atoms with Crippen molar-refractivity contribution in [1.29, 1.82) is 0 Å². The molecule has 0 unspecified atom stereocenters. The molecule has 0 aliphatic carbocycles. The van der Waals surface area contributed by atoms with E-state index in [0.717, 1.165) is 11.0 Å². The molecular weight excluding hydrogens is 293 g/mol. The average Bonchev–Trinajstić information content (AvgIpc) is 2.81. The molecule has 1 aromatic carbocycles. The summed E-state index contributed by atoms with van der Waals surface area (Å²) in [6.45, 7) is -1.25. The zero-order chi connectivity index (χ0) is 15.8. The Hall–Kier alpha value is -2.16. The molecule has 21 heavy (non-hydrogen) atoms. The highest BCUT2D eigenvalue weighted by atomic mass is 19.4. The van der Waals surface area contributed by atoms with Crippen LogP contribution < -0.4 is 0 Å². The van der Waals surface area contributed by atoms with Gasteiger partial charge in [-0.1, -0.05) is 12.1 Å². The van der Waals surface area contributed by atoms with Gasteiger partial charge in [-0.25, -0.2) is 0 Å². The maximum Gasteiger partial charge on any atom is 0.419 e. The number of para-hydroxylation sites is 1. The topological polar surface area (TPSA) is 83.7 Å². The van der Waals surface area contributed by atoms with Crippen LogP contribution in [-0.2, 0) is 0 Å². The largest absolute Gasteiger partial charge is 0.419 e. The number of rotatable bonds is 2. The smallest absolute Gasteiger partial charge is 0.379 e. The number of halogens is 3. The molecule has 1 aromatic rings. The number of nitrogens with zero attached hydrogens (tertiary/aromatic N) is 2. The number of aliphatic hydroxyl groups is 1. The molecule has 9 heteroatoms. The van der Waals surface area contributed by atoms with Crippen LogP contribution >= 0.6 is 0 Å². The molecule has 0 saturated carbocycles. The number of benzene rings is 1. The Bertz CT molecular complexity index is 590. The minimum absolute atomic E-state index is 0.297. The quantitative estimate of drug-likeness (QED) is 0.666. The summed E-state index contributed by atoms with van der Waals surface area (Å²) < 4.78 is 38.1. The molecule has 0 spiro atoms. The predicted octanol–water partition coefficient (Wildman–Crippen LogP) is 1.73. The van der Waals surface area contributed by atoms with Gasteiger partial charge in [-0.3, -0.25) is 14.9 Å². The van der Waals surface area contributed by atoms with E-state index in [4.69, 9.17) is 0 Å². The summed E-state index contributed by atoms with van der Waals surface area (Å²) >= 11 is 0. The molecule has 0 aromatic heterocycles. The van der Waals surface area contributed by atoms with Crippen LogP contribution in [0.2, 0.25) is 0 Å². The molecule has 1 heterocycles. The number of hydrogen-bond acceptors (Lipinski definition) is 4. The first-order valence-electron chi connectivity index (χ1n) is 5.97. The van der Waals surface area contributed by atoms with Crippen molar-refractivity contribution in [3.8, 4) is 0 Å². The first-order chi connectivity index (χ1) is 9.66. The minimum atomic E-state index is -4.86. The third-order valence-corrected chi connectivity index (χ3v) is 3.39. The van der Waals surface area contributed by atoms with Crippen LogP contribution in [0.5, 0.6) is 0 Å². The van der Waals surface area contributed by atoms with E-state index in [2.05, 4.69) is 0 Å². The number of carbonyl (C=O) groups is 1. The Balaban J connectivity index is 2.26. The number of nitro groups is 1. The normalized spacial score (nSPS) is 22.4. The second-order valence-corrected chi connectivity index (χ2v) is 4.78. The highest BCUT2D eigenvalue weighted by Crippen LogP contribution is 2.38. The first-order valence-corrected chi connectivity index (χ1v) is 5.97. The number of amides is 1. The lowest BCUT2D eigenvalue weighted by Crippen LogP contribution is -2.48. The molecule has 1 atom stereocenters. The van der Waals surface area contributed by atoms with Gasteiger partial charge >= 0.3 is 6.18 Å². The second-order valence-electron chi connectivity index (χ2n) is 4.78. The number of alkyl halides is 3. The van der Waals surface area contributed by atoms with Crippen LogP contribution in [0.3, 0.4) is 0 Å². The molecule has 1 amide bonds. The van der Waals surface area contributed by atoms with Crippen LogP contribution in [0.25, 0.3) is 0 Å². The van der Waals surface area contributed by atoms with Crippen molar-refractivity contribution >= 4 is 11.6 Å². The van der Waals surface area contributed by atoms with Crippen LogP contribution in [0.4, 0.5) is 18.9 Å². The summed E-state index contributed by atoms with van der Waals surface area (Å²) in [5.41, 5.74) is -3.74. The summed E-state index contributed by atoms with van der Waals surface area (Å²) in [6, 6.07) is 5.00. The molecular formula is C12H11F3N2O4. The Morgan fingerprint density at radius 2 is 2.00 bits per heavy atom. The van der Waals surface area contributed by atoms with Crippen molar-refractivity contribution in [3.05, 3.63) is 39.9 Å². The number of nitro benzene ring substituents is 1. The SMILES string of the molecule is O=C(c1ccccc1[N+](=O)[O-])N1CC[C@](O)(C(F)(F)F)C1. The zero-order valence-electron chi connectivity index (χ0n) is 10.6. The highest BCUT2D eigenvalue weighted by molar-refractivity contribution is 5.98. The summed E-state index contributed by atoms with van der Waals surface area (Å²) in [5, 5.41) is 20.4. The van der Waals surface area contributed by atoms with Crippen molar-refractivity contribution in [2.45, 2.75) is 18.2 Å². The Morgan fingerprint density at radius 1 is 1.38 bits per heavy atom. The molecule has 0 radical (unpaired) electrons. The maximum atomic E-state index is 12.7. The van der Waals surface area contributed by atoms with Gasteiger partial charge in [-0.15, -0.1) is 0 Å². The predicted molar refractivity (Wildman–Crippen MR) is 64.6 cm³/mol. The average molecular weight is 304 g/mol. The Morgan fingerprint density at radius 3 is 2.52 bits per heavy atom. The molecule has 6 nitrogen and oxygen atoms in total. The van der Waals surface area contributed by atoms with E-state index in [1.165, 1.54) is 18.2 Å². The third-order valence-electron chi connectivity index (χ3n) is 3.39. The Kier molecular flexibility index (Phi) is 3.62. The lowest BCUT2D eigenvalue weighted by atomic mass is 10.0. The van der Waals surface area contributed by atoms with E-state index in [0.29, 0.717) is 0 Å². The number of likely N-dealkylation sites (tertiary alicyclic amines) is 1. The number of hydrogen-bond donors (Lipinski definition) is 1. The van der Waals surface area contributed by atoms with Gasteiger partial charge in [0, 0.05) is 19.0 Å². The van der Waals surface area contributed by atoms with Gasteiger partial charge in [0.05, 0.1) is 11.5 Å². The van der Waals surface area contributed by atoms with E-state index >= 15 is 0 Å². The molecule has 1 aliphatic rings. The molecule has 1 N–H and O–H groups in total. The third kappa shape index (κ3) is 2.68. The van der Waals surface area contributed by atoms with Crippen molar-refractivity contribution in [2.75, 3.05) is 13.1 Å². The molecule has 114 valence electrons. The summed E-state index contributed by atoms with van der Waals surface area (Å²) in [4.78, 5) is 23.0. The zero-order valence-corrected chi connectivity index (χ0v) is 10.6. The van der Waals surface area contributed by atoms with E-state index in [1.807, 2.05) is 0 Å². The highest BCUT2D eigenvalue weighted by Gasteiger charge is 2.58. The number of carbonyl (C=O) groups excluding carboxylic acids is 1. The van der Waals surface area contributed by atoms with Crippen molar-refractivity contribution in [2.24, 2.45) is 0 Å². The van der Waals surface area contributed by atoms with E-state index in [1.54, 1.807) is 0 Å². The van der Waals surface area contributed by atoms with Crippen molar-refractivity contribution < 1.29 is 28.0 Å². The van der Waals surface area contributed by atoms with Crippen LogP contribution in [0, 0.1) is 10.1 Å². The number of β-amino-alcohol motifs (C(OH)–C–C–N with tert-alkyl or cyclic N) is 1. The molecule has 1 aliphatic heterocycles. The lowest BCUT2D eigenvalue weighted by molar-refractivity contribution is -0.385. The first kappa shape index (κ1) is 15.2. The molecule has 0 bridgehead atoms. The van der Waals surface area contributed by atoms with Crippen LogP contribution in [-0.4, -0.2) is 45.7 Å². The van der Waals surface area contributed by atoms with Gasteiger partial charge in [0.15, 0.2) is 5.60 Å². The fourth-order valence-electron chi connectivity index (χ4n) is 2.18. The van der Waals surface area contributed by atoms with E-state index in [-0.39, 0.29) is 12.1 Å². The molecule has 1 fully saturated rings. The van der Waals surface area contributed by atoms with Crippen molar-refractivity contribution in [3.63, 3.8) is 0 Å². The van der Waals surface area contributed by atoms with E-state index < -0.39 is 41.3 Å². The summed E-state index contributed by atoms with van der Waals surface area (Å²) in [6.07, 6.45) is -5.51. The summed E-state index contributed by atoms with van der Waals surface area (Å²) in [5.74, 6) is -0.900. The van der Waals surface area contributed by atoms with E-state index in [9.17, 15) is 33.2 Å². The van der Waals surface area contributed by atoms with Gasteiger partial charge in [0.25, 0.3) is 11.6 Å². The van der Waals surface area contributed by atoms with Gasteiger partial charge in [0.2, 0.25) is 0 Å². The van der Waals surface area contributed by atoms with Crippen molar-refractivity contribution in [1.82, 2.24) is 4.90 Å². The Labute approximate surface area is 116 Å². The van der Waals surface area contributed by atoms with Crippen LogP contribution in [0.1, 0.15) is 16.8 Å². The summed E-state index contributed by atoms with van der Waals surface area (Å²) in [7, 11) is 0. The van der Waals surface area contributed by atoms with Gasteiger partial charge < -0.3 is 10.0 Å². The maximum absolute atomic E-state index is 12.7. The van der Waals surface area contributed by atoms with Gasteiger partial charge in [-0.05, 0) is 6.07 Å². The molecule has 1 saturated heterocycles. The van der Waals surface area contributed by atoms with Gasteiger partial charge in [-0.2, -0.15) is 13.2 Å². The second kappa shape index (κ2) is 4.99. The van der Waals surface area contributed by atoms with Gasteiger partial charge in [0.1, 0.15) is 5.56 Å². The van der Waals surface area contributed by atoms with Crippen LogP contribution in [0.15, 0.2) is 24.3 Å². The lowest BCUT2D eigenvalue weighted by Gasteiger charge is -2.25. The monoisotopic (exact) mass is 304 g/mol. The minimum Gasteiger partial charge on any atom is -0.379 e. The standard InChI is InChI=1S/C12H11F3N2O4/c13-12(14,15)11(19)5-6-16(7-11)10(18)8-3-1-2-4-9(8)17(20)21/h1-4,19H,5-7H2/t11-/m1/s1.